The average molecular weight is 474 g/mol. The van der Waals surface area contributed by atoms with Crippen molar-refractivity contribution in [1.29, 1.82) is 0 Å². The van der Waals surface area contributed by atoms with Crippen molar-refractivity contribution >= 4 is 16.2 Å². The third-order valence-corrected chi connectivity index (χ3v) is 5.78. The van der Waals surface area contributed by atoms with Crippen molar-refractivity contribution in [3.8, 4) is 11.4 Å². The van der Waals surface area contributed by atoms with Crippen molar-refractivity contribution < 1.29 is 27.2 Å². The zero-order chi connectivity index (χ0) is 24.2. The highest BCUT2D eigenvalue weighted by molar-refractivity contribution is 7.87. The lowest BCUT2D eigenvalue weighted by molar-refractivity contribution is 0.0205. The molecule has 1 unspecified atom stereocenters. The Morgan fingerprint density at radius 1 is 1.12 bits per heavy atom. The Morgan fingerprint density at radius 3 is 2.30 bits per heavy atom. The standard InChI is InChI=1S/C23H27N3O6S/c1-23(2,3)31-22(28)25(4)16-21(27)17-6-10-19(11-7-17)32-33(29,30)20-12-8-18(9-13-20)26-15-5-14-24-26/h5-15,21,27H,16H2,1-4H3. The minimum atomic E-state index is -4.04. The number of aromatic nitrogens is 2. The van der Waals surface area contributed by atoms with Crippen LogP contribution >= 0.6 is 0 Å². The molecule has 0 aliphatic heterocycles. The van der Waals surface area contributed by atoms with E-state index >= 15 is 0 Å². The zero-order valence-corrected chi connectivity index (χ0v) is 19.7. The molecule has 0 bridgehead atoms. The second-order valence-electron chi connectivity index (χ2n) is 8.43. The van der Waals surface area contributed by atoms with E-state index in [-0.39, 0.29) is 17.2 Å². The van der Waals surface area contributed by atoms with Crippen molar-refractivity contribution in [2.24, 2.45) is 0 Å². The zero-order valence-electron chi connectivity index (χ0n) is 18.9. The smallest absolute Gasteiger partial charge is 0.410 e. The van der Waals surface area contributed by atoms with Gasteiger partial charge in [-0.2, -0.15) is 13.5 Å². The summed E-state index contributed by atoms with van der Waals surface area (Å²) in [4.78, 5) is 13.3. The maximum atomic E-state index is 12.6. The lowest BCUT2D eigenvalue weighted by Crippen LogP contribution is -2.36. The number of likely N-dealkylation sites (N-methyl/N-ethyl adjacent to an activating group) is 1. The van der Waals surface area contributed by atoms with Crippen LogP contribution in [0.25, 0.3) is 5.69 Å². The first kappa shape index (κ1) is 24.3. The predicted molar refractivity (Wildman–Crippen MR) is 122 cm³/mol. The minimum absolute atomic E-state index is 0.00139. The Kier molecular flexibility index (Phi) is 7.09. The summed E-state index contributed by atoms with van der Waals surface area (Å²) in [6, 6.07) is 13.9. The maximum absolute atomic E-state index is 12.6. The van der Waals surface area contributed by atoms with Crippen molar-refractivity contribution in [3.63, 3.8) is 0 Å². The van der Waals surface area contributed by atoms with Crippen molar-refractivity contribution in [2.75, 3.05) is 13.6 Å². The first-order valence-electron chi connectivity index (χ1n) is 10.2. The lowest BCUT2D eigenvalue weighted by Gasteiger charge is -2.26. The van der Waals surface area contributed by atoms with Crippen LogP contribution in [0, 0.1) is 0 Å². The fourth-order valence-electron chi connectivity index (χ4n) is 2.89. The van der Waals surface area contributed by atoms with E-state index in [1.54, 1.807) is 68.2 Å². The first-order chi connectivity index (χ1) is 15.4. The molecule has 1 atom stereocenters. The summed E-state index contributed by atoms with van der Waals surface area (Å²) in [7, 11) is -2.51. The second-order valence-corrected chi connectivity index (χ2v) is 9.97. The Morgan fingerprint density at radius 2 is 1.76 bits per heavy atom. The van der Waals surface area contributed by atoms with Crippen LogP contribution in [0.3, 0.4) is 0 Å². The summed E-state index contributed by atoms with van der Waals surface area (Å²) in [6.45, 7) is 5.29. The van der Waals surface area contributed by atoms with Crippen molar-refractivity contribution in [1.82, 2.24) is 14.7 Å². The number of aliphatic hydroxyl groups excluding tert-OH is 1. The van der Waals surface area contributed by atoms with Gasteiger partial charge in [0.25, 0.3) is 0 Å². The van der Waals surface area contributed by atoms with Gasteiger partial charge in [0.1, 0.15) is 16.2 Å². The molecule has 3 rings (SSSR count). The van der Waals surface area contributed by atoms with Crippen LogP contribution in [-0.2, 0) is 14.9 Å². The first-order valence-corrected chi connectivity index (χ1v) is 11.6. The molecule has 0 fully saturated rings. The van der Waals surface area contributed by atoms with E-state index in [9.17, 15) is 18.3 Å². The van der Waals surface area contributed by atoms with Crippen molar-refractivity contribution in [2.45, 2.75) is 37.4 Å². The normalized spacial score (nSPS) is 12.8. The highest BCUT2D eigenvalue weighted by Gasteiger charge is 2.22. The molecule has 0 saturated carbocycles. The quantitative estimate of drug-likeness (QED) is 0.523. The molecule has 9 nitrogen and oxygen atoms in total. The van der Waals surface area contributed by atoms with E-state index in [0.717, 1.165) is 0 Å². The third kappa shape index (κ3) is 6.56. The van der Waals surface area contributed by atoms with Gasteiger partial charge in [-0.25, -0.2) is 9.48 Å². The number of hydrogen-bond acceptors (Lipinski definition) is 7. The highest BCUT2D eigenvalue weighted by Crippen LogP contribution is 2.23. The predicted octanol–water partition coefficient (Wildman–Crippen LogP) is 3.54. The number of nitrogens with zero attached hydrogens (tertiary/aromatic N) is 3. The number of hydrogen-bond donors (Lipinski definition) is 1. The molecule has 33 heavy (non-hydrogen) atoms. The minimum Gasteiger partial charge on any atom is -0.444 e. The molecule has 0 aliphatic carbocycles. The van der Waals surface area contributed by atoms with E-state index in [2.05, 4.69) is 5.10 Å². The molecule has 1 heterocycles. The maximum Gasteiger partial charge on any atom is 0.410 e. The van der Waals surface area contributed by atoms with E-state index in [1.165, 1.54) is 36.2 Å². The molecule has 0 spiro atoms. The average Bonchev–Trinajstić information content (AvgIpc) is 3.28. The van der Waals surface area contributed by atoms with Crippen LogP contribution < -0.4 is 4.18 Å². The summed E-state index contributed by atoms with van der Waals surface area (Å²) in [5, 5.41) is 14.5. The van der Waals surface area contributed by atoms with Gasteiger partial charge in [0.05, 0.1) is 18.3 Å². The van der Waals surface area contributed by atoms with Gasteiger partial charge in [0.15, 0.2) is 0 Å². The van der Waals surface area contributed by atoms with Crippen LogP contribution in [0.4, 0.5) is 4.79 Å². The van der Waals surface area contributed by atoms with Gasteiger partial charge in [-0.15, -0.1) is 0 Å². The van der Waals surface area contributed by atoms with Crippen LogP contribution in [0.5, 0.6) is 5.75 Å². The van der Waals surface area contributed by atoms with E-state index in [1.807, 2.05) is 0 Å². The molecule has 1 N–H and O–H groups in total. The SMILES string of the molecule is CN(CC(O)c1ccc(OS(=O)(=O)c2ccc(-n3cccn3)cc2)cc1)C(=O)OC(C)(C)C. The molecule has 0 radical (unpaired) electrons. The highest BCUT2D eigenvalue weighted by atomic mass is 32.2. The summed E-state index contributed by atoms with van der Waals surface area (Å²) < 4.78 is 37.3. The Bertz CT molecular complexity index is 1170. The number of carbonyl (C=O) groups is 1. The number of aliphatic hydroxyl groups is 1. The number of rotatable bonds is 7. The Balaban J connectivity index is 1.63. The Hall–Kier alpha value is -3.37. The van der Waals surface area contributed by atoms with Gasteiger partial charge in [-0.05, 0) is 68.8 Å². The number of ether oxygens (including phenoxy) is 1. The van der Waals surface area contributed by atoms with E-state index < -0.39 is 27.9 Å². The molecule has 3 aromatic rings. The van der Waals surface area contributed by atoms with Gasteiger partial charge >= 0.3 is 16.2 Å². The topological polar surface area (TPSA) is 111 Å². The number of carbonyl (C=O) groups excluding carboxylic acids is 1. The molecule has 1 amide bonds. The van der Waals surface area contributed by atoms with Gasteiger partial charge in [0, 0.05) is 19.4 Å². The third-order valence-electron chi connectivity index (χ3n) is 4.52. The number of amides is 1. The molecular formula is C23H27N3O6S. The second kappa shape index (κ2) is 9.63. The van der Waals surface area contributed by atoms with Gasteiger partial charge in [-0.3, -0.25) is 0 Å². The molecule has 10 heteroatoms. The van der Waals surface area contributed by atoms with Crippen LogP contribution in [0.2, 0.25) is 0 Å². The lowest BCUT2D eigenvalue weighted by atomic mass is 10.1. The molecule has 0 saturated heterocycles. The van der Waals surface area contributed by atoms with Crippen LogP contribution in [0.15, 0.2) is 71.9 Å². The van der Waals surface area contributed by atoms with Crippen molar-refractivity contribution in [3.05, 3.63) is 72.6 Å². The number of benzene rings is 2. The Labute approximate surface area is 193 Å². The molecule has 2 aromatic carbocycles. The summed E-state index contributed by atoms with van der Waals surface area (Å²) in [6.07, 6.45) is 1.85. The molecule has 0 aliphatic rings. The van der Waals surface area contributed by atoms with E-state index in [4.69, 9.17) is 8.92 Å². The molecular weight excluding hydrogens is 446 g/mol. The summed E-state index contributed by atoms with van der Waals surface area (Å²) >= 11 is 0. The van der Waals surface area contributed by atoms with Gasteiger partial charge in [-0.1, -0.05) is 12.1 Å². The fraction of sp³-hybridized carbons (Fsp3) is 0.304. The molecule has 1 aromatic heterocycles. The summed E-state index contributed by atoms with van der Waals surface area (Å²) in [5.74, 6) is 0.0996. The fourth-order valence-corrected chi connectivity index (χ4v) is 3.82. The monoisotopic (exact) mass is 473 g/mol. The summed E-state index contributed by atoms with van der Waals surface area (Å²) in [5.41, 5.74) is 0.577. The van der Waals surface area contributed by atoms with Gasteiger partial charge < -0.3 is 18.9 Å². The largest absolute Gasteiger partial charge is 0.444 e. The van der Waals surface area contributed by atoms with E-state index in [0.29, 0.717) is 11.3 Å². The molecule has 176 valence electrons. The van der Waals surface area contributed by atoms with Crippen LogP contribution in [0.1, 0.15) is 32.4 Å². The van der Waals surface area contributed by atoms with Crippen LogP contribution in [-0.4, -0.2) is 53.5 Å². The van der Waals surface area contributed by atoms with Gasteiger partial charge in [0.2, 0.25) is 0 Å².